The molecule has 6 atom stereocenters. The SMILES string of the molecule is CCCCC(OP(=O)(NC1CC1)OC[C@H]1O[C@@H](n2cnc3c(OCC)nc(N)nc32)[C@](C)(N)[C@@H]1O)c1ccccc1. The Hall–Kier alpha value is -2.64. The molecule has 2 fully saturated rings. The molecule has 1 aliphatic heterocycles. The number of aliphatic hydroxyl groups excluding tert-OH is 1. The van der Waals surface area contributed by atoms with Crippen LogP contribution in [0.2, 0.25) is 0 Å². The lowest BCUT2D eigenvalue weighted by molar-refractivity contribution is -0.0447. The highest BCUT2D eigenvalue weighted by atomic mass is 31.2. The molecule has 224 valence electrons. The van der Waals surface area contributed by atoms with Gasteiger partial charge in [0.25, 0.3) is 0 Å². The number of aliphatic hydroxyl groups is 1. The summed E-state index contributed by atoms with van der Waals surface area (Å²) in [5.74, 6) is 0.242. The zero-order valence-corrected chi connectivity index (χ0v) is 24.6. The average Bonchev–Trinajstić information content (AvgIpc) is 3.61. The van der Waals surface area contributed by atoms with E-state index in [1.54, 1.807) is 11.5 Å². The number of nitrogens with two attached hydrogens (primary N) is 2. The van der Waals surface area contributed by atoms with Gasteiger partial charge in [-0.3, -0.25) is 13.6 Å². The Balaban J connectivity index is 1.35. The Morgan fingerprint density at radius 1 is 1.27 bits per heavy atom. The van der Waals surface area contributed by atoms with Crippen molar-refractivity contribution in [3.8, 4) is 5.88 Å². The molecule has 13 nitrogen and oxygen atoms in total. The Kier molecular flexibility index (Phi) is 8.95. The molecule has 3 heterocycles. The first-order chi connectivity index (χ1) is 19.6. The Bertz CT molecular complexity index is 1370. The van der Waals surface area contributed by atoms with Crippen LogP contribution in [0.25, 0.3) is 11.2 Å². The maximum Gasteiger partial charge on any atom is 0.406 e. The van der Waals surface area contributed by atoms with E-state index in [1.807, 2.05) is 37.3 Å². The van der Waals surface area contributed by atoms with Crippen LogP contribution in [0.4, 0.5) is 5.95 Å². The van der Waals surface area contributed by atoms with Crippen molar-refractivity contribution in [3.63, 3.8) is 0 Å². The van der Waals surface area contributed by atoms with E-state index in [4.69, 9.17) is 30.0 Å². The Morgan fingerprint density at radius 2 is 2.02 bits per heavy atom. The molecule has 0 spiro atoms. The smallest absolute Gasteiger partial charge is 0.406 e. The third-order valence-electron chi connectivity index (χ3n) is 7.35. The second-order valence-electron chi connectivity index (χ2n) is 10.8. The van der Waals surface area contributed by atoms with Crippen LogP contribution >= 0.6 is 7.75 Å². The van der Waals surface area contributed by atoms with E-state index in [0.717, 1.165) is 31.2 Å². The van der Waals surface area contributed by atoms with Crippen LogP contribution in [0, 0.1) is 0 Å². The van der Waals surface area contributed by atoms with Crippen LogP contribution in [-0.2, 0) is 18.3 Å². The summed E-state index contributed by atoms with van der Waals surface area (Å²) < 4.78 is 39.7. The van der Waals surface area contributed by atoms with Gasteiger partial charge < -0.3 is 26.0 Å². The van der Waals surface area contributed by atoms with E-state index in [0.29, 0.717) is 24.2 Å². The van der Waals surface area contributed by atoms with Crippen LogP contribution in [0.1, 0.15) is 70.8 Å². The predicted octanol–water partition coefficient (Wildman–Crippen LogP) is 3.61. The molecule has 1 saturated carbocycles. The van der Waals surface area contributed by atoms with E-state index in [9.17, 15) is 9.67 Å². The van der Waals surface area contributed by atoms with Gasteiger partial charge in [0.05, 0.1) is 31.2 Å². The highest BCUT2D eigenvalue weighted by molar-refractivity contribution is 7.51. The monoisotopic (exact) mass is 589 g/mol. The number of benzene rings is 1. The molecular formula is C27H40N7O6P. The number of imidazole rings is 1. The summed E-state index contributed by atoms with van der Waals surface area (Å²) in [6.07, 6.45) is 2.43. The van der Waals surface area contributed by atoms with E-state index in [-0.39, 0.29) is 24.5 Å². The number of nitrogens with one attached hydrogen (secondary N) is 1. The fourth-order valence-electron chi connectivity index (χ4n) is 4.96. The number of nitrogen functional groups attached to an aromatic ring is 1. The van der Waals surface area contributed by atoms with E-state index in [1.165, 1.54) is 6.33 Å². The van der Waals surface area contributed by atoms with E-state index < -0.39 is 37.8 Å². The topological polar surface area (TPSA) is 182 Å². The minimum Gasteiger partial charge on any atom is -0.476 e. The molecule has 1 aliphatic carbocycles. The number of fused-ring (bicyclic) bond motifs is 1. The molecular weight excluding hydrogens is 549 g/mol. The van der Waals surface area contributed by atoms with Crippen molar-refractivity contribution in [1.82, 2.24) is 24.6 Å². The van der Waals surface area contributed by atoms with Crippen LogP contribution in [-0.4, -0.2) is 61.6 Å². The molecule has 3 aromatic rings. The number of rotatable bonds is 14. The highest BCUT2D eigenvalue weighted by Crippen LogP contribution is 2.52. The van der Waals surface area contributed by atoms with Crippen LogP contribution in [0.3, 0.4) is 0 Å². The molecule has 0 radical (unpaired) electrons. The molecule has 2 aliphatic rings. The van der Waals surface area contributed by atoms with Crippen molar-refractivity contribution in [3.05, 3.63) is 42.2 Å². The number of ether oxygens (including phenoxy) is 2. The lowest BCUT2D eigenvalue weighted by Gasteiger charge is -2.29. The standard InChI is InChI=1S/C27H40N7O6P/c1-4-6-12-19(17-10-8-7-9-11-17)40-41(36,33-18-13-14-18)38-15-20-22(35)27(3,29)25(39-20)34-16-30-21-23(34)31-26(28)32-24(21)37-5-2/h7-11,16,18-20,22,25,35H,4-6,12-15,29H2,1-3H3,(H,33,36)(H2,28,31,32)/t19?,20-,22-,25-,27-,41?/m1/s1. The minimum atomic E-state index is -3.79. The molecule has 41 heavy (non-hydrogen) atoms. The number of hydrogen-bond acceptors (Lipinski definition) is 11. The molecule has 5 rings (SSSR count). The Labute approximate surface area is 239 Å². The first-order valence-corrected chi connectivity index (χ1v) is 15.7. The molecule has 1 aromatic carbocycles. The summed E-state index contributed by atoms with van der Waals surface area (Å²) in [5, 5.41) is 14.3. The van der Waals surface area contributed by atoms with Gasteiger partial charge in [-0.1, -0.05) is 50.1 Å². The maximum atomic E-state index is 14.1. The van der Waals surface area contributed by atoms with Crippen LogP contribution in [0.15, 0.2) is 36.7 Å². The number of aromatic nitrogens is 4. The third-order valence-corrected chi connectivity index (χ3v) is 9.05. The lowest BCUT2D eigenvalue weighted by Crippen LogP contribution is -2.52. The third kappa shape index (κ3) is 6.56. The summed E-state index contributed by atoms with van der Waals surface area (Å²) >= 11 is 0. The van der Waals surface area contributed by atoms with Gasteiger partial charge in [0, 0.05) is 6.04 Å². The summed E-state index contributed by atoms with van der Waals surface area (Å²) in [6.45, 7) is 5.74. The summed E-state index contributed by atoms with van der Waals surface area (Å²) in [4.78, 5) is 12.8. The second kappa shape index (κ2) is 12.3. The van der Waals surface area contributed by atoms with E-state index >= 15 is 0 Å². The number of unbranched alkanes of at least 4 members (excludes halogenated alkanes) is 1. The first kappa shape index (κ1) is 29.8. The van der Waals surface area contributed by atoms with Gasteiger partial charge >= 0.3 is 7.75 Å². The summed E-state index contributed by atoms with van der Waals surface area (Å²) in [7, 11) is -3.79. The van der Waals surface area contributed by atoms with Crippen molar-refractivity contribution < 1.29 is 28.2 Å². The number of anilines is 1. The van der Waals surface area contributed by atoms with Crippen LogP contribution in [0.5, 0.6) is 5.88 Å². The molecule has 2 aromatic heterocycles. The second-order valence-corrected chi connectivity index (χ2v) is 12.5. The highest BCUT2D eigenvalue weighted by Gasteiger charge is 2.53. The molecule has 0 bridgehead atoms. The van der Waals surface area contributed by atoms with E-state index in [2.05, 4.69) is 27.0 Å². The van der Waals surface area contributed by atoms with Crippen molar-refractivity contribution in [2.45, 2.75) is 89.0 Å². The predicted molar refractivity (Wildman–Crippen MR) is 153 cm³/mol. The lowest BCUT2D eigenvalue weighted by atomic mass is 9.93. The Morgan fingerprint density at radius 3 is 2.71 bits per heavy atom. The van der Waals surface area contributed by atoms with Crippen molar-refractivity contribution in [2.24, 2.45) is 5.73 Å². The number of nitrogens with zero attached hydrogens (tertiary/aromatic N) is 4. The summed E-state index contributed by atoms with van der Waals surface area (Å²) in [5.41, 5.74) is 12.9. The first-order valence-electron chi connectivity index (χ1n) is 14.2. The average molecular weight is 590 g/mol. The number of hydrogen-bond donors (Lipinski definition) is 4. The maximum absolute atomic E-state index is 14.1. The van der Waals surface area contributed by atoms with Crippen molar-refractivity contribution in [1.29, 1.82) is 0 Å². The van der Waals surface area contributed by atoms with Crippen molar-refractivity contribution in [2.75, 3.05) is 18.9 Å². The molecule has 1 saturated heterocycles. The van der Waals surface area contributed by atoms with Gasteiger partial charge in [-0.15, -0.1) is 0 Å². The van der Waals surface area contributed by atoms with Gasteiger partial charge in [0.15, 0.2) is 17.4 Å². The van der Waals surface area contributed by atoms with Gasteiger partial charge in [0.2, 0.25) is 11.8 Å². The molecule has 14 heteroatoms. The summed E-state index contributed by atoms with van der Waals surface area (Å²) in [6, 6.07) is 9.75. The fraction of sp³-hybridized carbons (Fsp3) is 0.593. The zero-order valence-electron chi connectivity index (χ0n) is 23.7. The van der Waals surface area contributed by atoms with Gasteiger partial charge in [-0.2, -0.15) is 9.97 Å². The fourth-order valence-corrected chi connectivity index (χ4v) is 6.76. The van der Waals surface area contributed by atoms with Gasteiger partial charge in [-0.25, -0.2) is 14.6 Å². The minimum absolute atomic E-state index is 0.000124. The largest absolute Gasteiger partial charge is 0.476 e. The van der Waals surface area contributed by atoms with Crippen molar-refractivity contribution >= 4 is 24.9 Å². The molecule has 6 N–H and O–H groups in total. The normalized spacial score (nSPS) is 26.7. The van der Waals surface area contributed by atoms with Gasteiger partial charge in [0.1, 0.15) is 12.2 Å². The molecule has 0 amide bonds. The van der Waals surface area contributed by atoms with Crippen LogP contribution < -0.4 is 21.3 Å². The van der Waals surface area contributed by atoms with Gasteiger partial charge in [-0.05, 0) is 38.7 Å². The zero-order chi connectivity index (χ0) is 29.2. The molecule has 2 unspecified atom stereocenters. The quantitative estimate of drug-likeness (QED) is 0.201.